The van der Waals surface area contributed by atoms with Gasteiger partial charge in [-0.3, -0.25) is 9.78 Å². The van der Waals surface area contributed by atoms with Crippen molar-refractivity contribution < 1.29 is 8.81 Å². The number of fused-ring (bicyclic) bond motifs is 1. The van der Waals surface area contributed by atoms with Crippen LogP contribution in [0.25, 0.3) is 22.4 Å². The average Bonchev–Trinajstić information content (AvgIpc) is 2.39. The quantitative estimate of drug-likeness (QED) is 0.657. The average molecular weight is 242 g/mol. The van der Waals surface area contributed by atoms with Crippen molar-refractivity contribution in [3.8, 4) is 11.5 Å². The van der Waals surface area contributed by atoms with Gasteiger partial charge in [0.2, 0.25) is 5.89 Å². The zero-order valence-electron chi connectivity index (χ0n) is 9.13. The topological polar surface area (TPSA) is 56.0 Å². The molecule has 0 atom stereocenters. The highest BCUT2D eigenvalue weighted by Gasteiger charge is 2.08. The van der Waals surface area contributed by atoms with E-state index >= 15 is 0 Å². The number of pyridine rings is 1. The molecule has 0 saturated heterocycles. The fourth-order valence-corrected chi connectivity index (χ4v) is 1.63. The number of rotatable bonds is 1. The van der Waals surface area contributed by atoms with Crippen LogP contribution >= 0.6 is 0 Å². The van der Waals surface area contributed by atoms with Crippen molar-refractivity contribution in [2.75, 3.05) is 0 Å². The molecule has 0 aliphatic heterocycles. The van der Waals surface area contributed by atoms with Crippen molar-refractivity contribution in [2.24, 2.45) is 0 Å². The zero-order chi connectivity index (χ0) is 12.5. The second-order valence-electron chi connectivity index (χ2n) is 3.70. The number of nitrogens with zero attached hydrogens (tertiary/aromatic N) is 2. The van der Waals surface area contributed by atoms with E-state index in [-0.39, 0.29) is 11.7 Å². The van der Waals surface area contributed by atoms with Crippen LogP contribution in [0.5, 0.6) is 0 Å². The predicted molar refractivity (Wildman–Crippen MR) is 63.5 cm³/mol. The van der Waals surface area contributed by atoms with E-state index in [1.54, 1.807) is 6.07 Å². The molecule has 3 aromatic rings. The molecule has 0 unspecified atom stereocenters. The summed E-state index contributed by atoms with van der Waals surface area (Å²) in [5.74, 6) is -0.205. The van der Waals surface area contributed by atoms with E-state index < -0.39 is 5.56 Å². The molecule has 0 radical (unpaired) electrons. The maximum absolute atomic E-state index is 12.8. The molecular formula is C13H7FN2O2. The van der Waals surface area contributed by atoms with Gasteiger partial charge in [-0.15, -0.1) is 0 Å². The van der Waals surface area contributed by atoms with Gasteiger partial charge in [-0.25, -0.2) is 4.39 Å². The molecule has 3 rings (SSSR count). The van der Waals surface area contributed by atoms with E-state index in [0.717, 1.165) is 0 Å². The molecule has 0 spiro atoms. The summed E-state index contributed by atoms with van der Waals surface area (Å²) in [6.07, 6.45) is 2.95. The largest absolute Gasteiger partial charge is 0.436 e. The molecule has 0 N–H and O–H groups in total. The number of aromatic nitrogens is 2. The van der Waals surface area contributed by atoms with Gasteiger partial charge in [0.05, 0.1) is 11.6 Å². The molecule has 0 bridgehead atoms. The molecule has 2 aromatic heterocycles. The Morgan fingerprint density at radius 2 is 1.89 bits per heavy atom. The summed E-state index contributed by atoms with van der Waals surface area (Å²) in [5.41, 5.74) is 0.508. The number of hydrogen-bond acceptors (Lipinski definition) is 4. The van der Waals surface area contributed by atoms with Crippen LogP contribution in [-0.2, 0) is 0 Å². The van der Waals surface area contributed by atoms with Crippen LogP contribution in [-0.4, -0.2) is 9.97 Å². The minimum absolute atomic E-state index is 0.153. The maximum Gasteiger partial charge on any atom is 0.284 e. The first-order chi connectivity index (χ1) is 8.74. The molecular weight excluding hydrogens is 235 g/mol. The minimum Gasteiger partial charge on any atom is -0.436 e. The lowest BCUT2D eigenvalue weighted by molar-refractivity contribution is 0.592. The molecule has 0 amide bonds. The van der Waals surface area contributed by atoms with E-state index in [1.165, 1.54) is 36.7 Å². The fourth-order valence-electron chi connectivity index (χ4n) is 1.63. The number of benzene rings is 1. The van der Waals surface area contributed by atoms with Crippen molar-refractivity contribution in [1.82, 2.24) is 9.97 Å². The first kappa shape index (κ1) is 10.6. The van der Waals surface area contributed by atoms with Crippen LogP contribution in [0, 0.1) is 5.82 Å². The molecule has 0 saturated carbocycles. The van der Waals surface area contributed by atoms with Crippen LogP contribution in [0.2, 0.25) is 0 Å². The Morgan fingerprint density at radius 1 is 1.11 bits per heavy atom. The lowest BCUT2D eigenvalue weighted by Crippen LogP contribution is -2.07. The van der Waals surface area contributed by atoms with Crippen LogP contribution < -0.4 is 5.56 Å². The number of halogens is 1. The van der Waals surface area contributed by atoms with Gasteiger partial charge in [0.1, 0.15) is 5.82 Å². The van der Waals surface area contributed by atoms with E-state index in [9.17, 15) is 9.18 Å². The summed E-state index contributed by atoms with van der Waals surface area (Å²) < 4.78 is 18.3. The lowest BCUT2D eigenvalue weighted by atomic mass is 10.2. The summed E-state index contributed by atoms with van der Waals surface area (Å²) in [5, 5.41) is 0.371. The Kier molecular flexibility index (Phi) is 2.37. The van der Waals surface area contributed by atoms with Crippen molar-refractivity contribution in [3.63, 3.8) is 0 Å². The molecule has 88 valence electrons. The van der Waals surface area contributed by atoms with E-state index in [1.807, 2.05) is 0 Å². The van der Waals surface area contributed by atoms with Gasteiger partial charge in [0.25, 0.3) is 5.56 Å². The molecule has 0 aliphatic carbocycles. The van der Waals surface area contributed by atoms with E-state index in [4.69, 9.17) is 4.42 Å². The monoisotopic (exact) mass is 242 g/mol. The minimum atomic E-state index is -0.391. The zero-order valence-corrected chi connectivity index (χ0v) is 9.13. The van der Waals surface area contributed by atoms with Crippen molar-refractivity contribution in [2.45, 2.75) is 0 Å². The Hall–Kier alpha value is -2.56. The van der Waals surface area contributed by atoms with Gasteiger partial charge in [0.15, 0.2) is 5.58 Å². The maximum atomic E-state index is 12.8. The molecule has 0 aliphatic rings. The first-order valence-electron chi connectivity index (χ1n) is 5.25. The van der Waals surface area contributed by atoms with E-state index in [2.05, 4.69) is 9.97 Å². The second kappa shape index (κ2) is 4.03. The van der Waals surface area contributed by atoms with Gasteiger partial charge < -0.3 is 4.42 Å². The Labute approximate surface area is 101 Å². The van der Waals surface area contributed by atoms with Crippen LogP contribution in [0.4, 0.5) is 4.39 Å². The summed E-state index contributed by atoms with van der Waals surface area (Å²) in [4.78, 5) is 19.5. The van der Waals surface area contributed by atoms with Crippen molar-refractivity contribution >= 4 is 11.0 Å². The van der Waals surface area contributed by atoms with Crippen molar-refractivity contribution in [3.05, 3.63) is 58.9 Å². The molecule has 4 nitrogen and oxygen atoms in total. The Balaban J connectivity index is 2.24. The van der Waals surface area contributed by atoms with Gasteiger partial charge in [-0.05, 0) is 30.3 Å². The second-order valence-corrected chi connectivity index (χ2v) is 3.70. The highest BCUT2D eigenvalue weighted by Crippen LogP contribution is 2.19. The summed E-state index contributed by atoms with van der Waals surface area (Å²) in [6, 6.07) is 7.11. The predicted octanol–water partition coefficient (Wildman–Crippen LogP) is 2.39. The summed E-state index contributed by atoms with van der Waals surface area (Å²) in [6.45, 7) is 0. The third kappa shape index (κ3) is 1.75. The van der Waals surface area contributed by atoms with Crippen LogP contribution in [0.3, 0.4) is 0 Å². The fraction of sp³-hybridized carbons (Fsp3) is 0. The molecule has 0 fully saturated rings. The third-order valence-electron chi connectivity index (χ3n) is 2.52. The van der Waals surface area contributed by atoms with Crippen LogP contribution in [0.15, 0.2) is 51.9 Å². The van der Waals surface area contributed by atoms with Gasteiger partial charge >= 0.3 is 0 Å². The molecule has 18 heavy (non-hydrogen) atoms. The van der Waals surface area contributed by atoms with Crippen LogP contribution in [0.1, 0.15) is 0 Å². The van der Waals surface area contributed by atoms with Gasteiger partial charge in [-0.2, -0.15) is 4.98 Å². The van der Waals surface area contributed by atoms with Crippen molar-refractivity contribution in [1.29, 1.82) is 0 Å². The first-order valence-corrected chi connectivity index (χ1v) is 5.25. The third-order valence-corrected chi connectivity index (χ3v) is 2.52. The number of hydrogen-bond donors (Lipinski definition) is 0. The highest BCUT2D eigenvalue weighted by atomic mass is 19.1. The standard InChI is InChI=1S/C13H7FN2O2/c14-9-3-1-8(2-4-9)13-16-12(17)10-5-6-15-7-11(10)18-13/h1-7H. The summed E-state index contributed by atoms with van der Waals surface area (Å²) >= 11 is 0. The van der Waals surface area contributed by atoms with E-state index in [0.29, 0.717) is 16.5 Å². The van der Waals surface area contributed by atoms with Gasteiger partial charge in [0, 0.05) is 11.8 Å². The normalized spacial score (nSPS) is 10.7. The highest BCUT2D eigenvalue weighted by molar-refractivity contribution is 5.75. The summed E-state index contributed by atoms with van der Waals surface area (Å²) in [7, 11) is 0. The SMILES string of the molecule is O=c1nc(-c2ccc(F)cc2)oc2cnccc12. The molecule has 1 aromatic carbocycles. The smallest absolute Gasteiger partial charge is 0.284 e. The molecule has 5 heteroatoms. The lowest BCUT2D eigenvalue weighted by Gasteiger charge is -2.01. The van der Waals surface area contributed by atoms with Gasteiger partial charge in [-0.1, -0.05) is 0 Å². The Bertz CT molecular complexity index is 766. The molecule has 2 heterocycles. The Morgan fingerprint density at radius 3 is 2.67 bits per heavy atom.